The third-order valence-corrected chi connectivity index (χ3v) is 4.46. The maximum Gasteiger partial charge on any atom is 0.225 e. The molecule has 2 fully saturated rings. The van der Waals surface area contributed by atoms with E-state index in [1.807, 2.05) is 31.2 Å². The first kappa shape index (κ1) is 13.6. The molecule has 2 N–H and O–H groups in total. The summed E-state index contributed by atoms with van der Waals surface area (Å²) in [6.07, 6.45) is 2.62. The van der Waals surface area contributed by atoms with E-state index < -0.39 is 6.10 Å². The summed E-state index contributed by atoms with van der Waals surface area (Å²) in [4.78, 5) is 12.2. The Labute approximate surface area is 119 Å². The van der Waals surface area contributed by atoms with E-state index in [2.05, 4.69) is 5.32 Å². The van der Waals surface area contributed by atoms with Crippen LogP contribution in [-0.2, 0) is 9.53 Å². The zero-order valence-electron chi connectivity index (χ0n) is 11.7. The van der Waals surface area contributed by atoms with Crippen LogP contribution in [-0.4, -0.2) is 29.8 Å². The van der Waals surface area contributed by atoms with Crippen molar-refractivity contribution in [1.29, 1.82) is 0 Å². The number of nitrogens with one attached hydrogen (secondary N) is 1. The Morgan fingerprint density at radius 2 is 2.25 bits per heavy atom. The summed E-state index contributed by atoms with van der Waals surface area (Å²) in [5.74, 6) is -0.0114. The van der Waals surface area contributed by atoms with Gasteiger partial charge in [-0.05, 0) is 37.3 Å². The van der Waals surface area contributed by atoms with Gasteiger partial charge in [0.1, 0.15) is 0 Å². The maximum absolute atomic E-state index is 12.2. The number of fused-ring (bicyclic) bond motifs is 2. The summed E-state index contributed by atoms with van der Waals surface area (Å²) in [6, 6.07) is 7.70. The van der Waals surface area contributed by atoms with Crippen LogP contribution in [0.15, 0.2) is 24.3 Å². The van der Waals surface area contributed by atoms with E-state index in [1.54, 1.807) is 0 Å². The highest BCUT2D eigenvalue weighted by Gasteiger charge is 2.44. The quantitative estimate of drug-likeness (QED) is 0.879. The summed E-state index contributed by atoms with van der Waals surface area (Å²) in [7, 11) is 0. The maximum atomic E-state index is 12.2. The van der Waals surface area contributed by atoms with Crippen LogP contribution in [0, 0.1) is 12.8 Å². The van der Waals surface area contributed by atoms with Crippen molar-refractivity contribution in [3.8, 4) is 0 Å². The molecule has 4 unspecified atom stereocenters. The number of aryl methyl sites for hydroxylation is 1. The van der Waals surface area contributed by atoms with E-state index in [0.717, 1.165) is 30.4 Å². The van der Waals surface area contributed by atoms with Crippen LogP contribution in [0.3, 0.4) is 0 Å². The Morgan fingerprint density at radius 3 is 2.90 bits per heavy atom. The predicted molar refractivity (Wildman–Crippen MR) is 75.2 cm³/mol. The van der Waals surface area contributed by atoms with Gasteiger partial charge in [0, 0.05) is 6.54 Å². The summed E-state index contributed by atoms with van der Waals surface area (Å²) in [6.45, 7) is 2.22. The smallest absolute Gasteiger partial charge is 0.225 e. The molecule has 4 heteroatoms. The van der Waals surface area contributed by atoms with Gasteiger partial charge in [-0.3, -0.25) is 4.79 Å². The molecule has 0 aromatic heterocycles. The number of aliphatic hydroxyl groups excluding tert-OH is 1. The molecule has 0 saturated carbocycles. The number of carbonyl (C=O) groups is 1. The van der Waals surface area contributed by atoms with Gasteiger partial charge in [-0.15, -0.1) is 0 Å². The lowest BCUT2D eigenvalue weighted by molar-refractivity contribution is -0.127. The van der Waals surface area contributed by atoms with Crippen LogP contribution < -0.4 is 5.32 Å². The first-order valence-corrected chi connectivity index (χ1v) is 7.32. The van der Waals surface area contributed by atoms with Gasteiger partial charge < -0.3 is 15.2 Å². The van der Waals surface area contributed by atoms with Crippen LogP contribution in [0.5, 0.6) is 0 Å². The minimum Gasteiger partial charge on any atom is -0.387 e. The van der Waals surface area contributed by atoms with Crippen molar-refractivity contribution < 1.29 is 14.6 Å². The Balaban J connectivity index is 1.54. The molecule has 1 aromatic carbocycles. The summed E-state index contributed by atoms with van der Waals surface area (Å²) >= 11 is 0. The lowest BCUT2D eigenvalue weighted by Crippen LogP contribution is -2.38. The lowest BCUT2D eigenvalue weighted by Gasteiger charge is -2.20. The monoisotopic (exact) mass is 275 g/mol. The van der Waals surface area contributed by atoms with E-state index in [9.17, 15) is 9.90 Å². The van der Waals surface area contributed by atoms with Crippen molar-refractivity contribution >= 4 is 5.91 Å². The number of amides is 1. The fourth-order valence-electron chi connectivity index (χ4n) is 3.31. The summed E-state index contributed by atoms with van der Waals surface area (Å²) in [5.41, 5.74) is 1.91. The van der Waals surface area contributed by atoms with Crippen LogP contribution in [0.4, 0.5) is 0 Å². The molecule has 108 valence electrons. The second kappa shape index (κ2) is 5.54. The van der Waals surface area contributed by atoms with Crippen LogP contribution in [0.2, 0.25) is 0 Å². The van der Waals surface area contributed by atoms with E-state index >= 15 is 0 Å². The van der Waals surface area contributed by atoms with Crippen molar-refractivity contribution in [2.75, 3.05) is 6.54 Å². The van der Waals surface area contributed by atoms with Gasteiger partial charge in [-0.2, -0.15) is 0 Å². The van der Waals surface area contributed by atoms with Gasteiger partial charge in [0.2, 0.25) is 5.91 Å². The van der Waals surface area contributed by atoms with E-state index in [4.69, 9.17) is 4.74 Å². The molecule has 0 spiro atoms. The van der Waals surface area contributed by atoms with Gasteiger partial charge in [-0.1, -0.05) is 24.3 Å². The number of aliphatic hydroxyl groups is 1. The minimum absolute atomic E-state index is 0.0184. The average molecular weight is 275 g/mol. The average Bonchev–Trinajstić information content (AvgIpc) is 3.07. The molecule has 4 nitrogen and oxygen atoms in total. The van der Waals surface area contributed by atoms with Gasteiger partial charge in [0.05, 0.1) is 24.2 Å². The van der Waals surface area contributed by atoms with Gasteiger partial charge in [0.15, 0.2) is 0 Å². The molecule has 20 heavy (non-hydrogen) atoms. The Bertz CT molecular complexity index is 502. The molecular weight excluding hydrogens is 254 g/mol. The number of rotatable bonds is 4. The van der Waals surface area contributed by atoms with Gasteiger partial charge >= 0.3 is 0 Å². The number of benzene rings is 1. The zero-order valence-corrected chi connectivity index (χ0v) is 11.7. The molecule has 2 bridgehead atoms. The topological polar surface area (TPSA) is 58.6 Å². The van der Waals surface area contributed by atoms with Gasteiger partial charge in [-0.25, -0.2) is 0 Å². The molecule has 2 aliphatic heterocycles. The van der Waals surface area contributed by atoms with Crippen LogP contribution in [0.25, 0.3) is 0 Å². The molecule has 2 aliphatic rings. The molecule has 1 amide bonds. The number of ether oxygens (including phenoxy) is 1. The minimum atomic E-state index is -0.653. The highest BCUT2D eigenvalue weighted by atomic mass is 16.5. The van der Waals surface area contributed by atoms with E-state index in [0.29, 0.717) is 0 Å². The molecule has 0 radical (unpaired) electrons. The second-order valence-corrected chi connectivity index (χ2v) is 5.83. The van der Waals surface area contributed by atoms with E-state index in [-0.39, 0.29) is 30.6 Å². The molecule has 1 aromatic rings. The SMILES string of the molecule is Cc1ccccc1C(O)CNC(=O)C1CC2CCC1O2. The van der Waals surface area contributed by atoms with Crippen molar-refractivity contribution in [1.82, 2.24) is 5.32 Å². The van der Waals surface area contributed by atoms with E-state index in [1.165, 1.54) is 0 Å². The van der Waals surface area contributed by atoms with Crippen molar-refractivity contribution in [3.63, 3.8) is 0 Å². The normalized spacial score (nSPS) is 29.4. The molecule has 0 aliphatic carbocycles. The third-order valence-electron chi connectivity index (χ3n) is 4.46. The Hall–Kier alpha value is -1.39. The van der Waals surface area contributed by atoms with Crippen LogP contribution in [0.1, 0.15) is 36.5 Å². The Morgan fingerprint density at radius 1 is 1.45 bits per heavy atom. The fourth-order valence-corrected chi connectivity index (χ4v) is 3.31. The first-order chi connectivity index (χ1) is 9.65. The lowest BCUT2D eigenvalue weighted by atomic mass is 9.88. The molecule has 4 atom stereocenters. The summed E-state index contributed by atoms with van der Waals surface area (Å²) in [5, 5.41) is 13.0. The number of hydrogen-bond donors (Lipinski definition) is 2. The standard InChI is InChI=1S/C16H21NO3/c1-10-4-2-3-5-12(10)14(18)9-17-16(19)13-8-11-6-7-15(13)20-11/h2-5,11,13-15,18H,6-9H2,1H3,(H,17,19). The molecule has 3 rings (SSSR count). The van der Waals surface area contributed by atoms with Crippen molar-refractivity contribution in [3.05, 3.63) is 35.4 Å². The molecular formula is C16H21NO3. The second-order valence-electron chi connectivity index (χ2n) is 5.83. The zero-order chi connectivity index (χ0) is 14.1. The number of carbonyl (C=O) groups excluding carboxylic acids is 1. The van der Waals surface area contributed by atoms with Crippen molar-refractivity contribution in [2.45, 2.75) is 44.5 Å². The predicted octanol–water partition coefficient (Wildman–Crippen LogP) is 1.71. The van der Waals surface area contributed by atoms with Gasteiger partial charge in [0.25, 0.3) is 0 Å². The van der Waals surface area contributed by atoms with Crippen molar-refractivity contribution in [2.24, 2.45) is 5.92 Å². The highest BCUT2D eigenvalue weighted by molar-refractivity contribution is 5.79. The largest absolute Gasteiger partial charge is 0.387 e. The fraction of sp³-hybridized carbons (Fsp3) is 0.562. The molecule has 2 saturated heterocycles. The van der Waals surface area contributed by atoms with Crippen LogP contribution >= 0.6 is 0 Å². The Kier molecular flexibility index (Phi) is 3.76. The highest BCUT2D eigenvalue weighted by Crippen LogP contribution is 2.38. The third kappa shape index (κ3) is 2.58. The first-order valence-electron chi connectivity index (χ1n) is 7.32. The summed E-state index contributed by atoms with van der Waals surface area (Å²) < 4.78 is 5.69. The molecule has 2 heterocycles. The number of hydrogen-bond acceptors (Lipinski definition) is 3.